The minimum absolute atomic E-state index is 0.00434. The van der Waals surface area contributed by atoms with Crippen molar-refractivity contribution in [1.82, 2.24) is 5.32 Å². The van der Waals surface area contributed by atoms with Gasteiger partial charge >= 0.3 is 0 Å². The van der Waals surface area contributed by atoms with Gasteiger partial charge in [0.2, 0.25) is 0 Å². The number of carbonyl (C=O) groups excluding carboxylic acids is 1. The van der Waals surface area contributed by atoms with Gasteiger partial charge in [-0.15, -0.1) is 0 Å². The van der Waals surface area contributed by atoms with Gasteiger partial charge in [-0.25, -0.2) is 8.42 Å². The molecule has 0 aliphatic rings. The average Bonchev–Trinajstić information content (AvgIpc) is 2.60. The lowest BCUT2D eigenvalue weighted by molar-refractivity contribution is -0.123. The van der Waals surface area contributed by atoms with Gasteiger partial charge in [-0.05, 0) is 43.2 Å². The van der Waals surface area contributed by atoms with Crippen LogP contribution in [0, 0.1) is 12.8 Å². The molecule has 0 bridgehead atoms. The summed E-state index contributed by atoms with van der Waals surface area (Å²) in [6.07, 6.45) is 0. The molecule has 0 saturated carbocycles. The fraction of sp³-hybridized carbons (Fsp3) is 0.316. The summed E-state index contributed by atoms with van der Waals surface area (Å²) >= 11 is 6.12. The molecule has 2 aromatic rings. The lowest BCUT2D eigenvalue weighted by atomic mass is 10.2. The second-order valence-electron chi connectivity index (χ2n) is 6.55. The molecule has 6 nitrogen and oxygen atoms in total. The van der Waals surface area contributed by atoms with E-state index in [1.807, 2.05) is 32.9 Å². The van der Waals surface area contributed by atoms with Gasteiger partial charge in [0.1, 0.15) is 5.75 Å². The molecule has 0 aromatic heterocycles. The first-order valence-electron chi connectivity index (χ1n) is 8.46. The summed E-state index contributed by atoms with van der Waals surface area (Å²) in [5.41, 5.74) is 1.48. The van der Waals surface area contributed by atoms with E-state index in [4.69, 9.17) is 16.3 Å². The number of nitrogens with one attached hydrogen (secondary N) is 2. The molecule has 0 unspecified atom stereocenters. The number of benzene rings is 2. The van der Waals surface area contributed by atoms with E-state index in [1.165, 1.54) is 18.2 Å². The Hall–Kier alpha value is -2.25. The number of carbonyl (C=O) groups is 1. The minimum Gasteiger partial charge on any atom is -0.482 e. The molecule has 0 saturated heterocycles. The highest BCUT2D eigenvalue weighted by Gasteiger charge is 2.17. The van der Waals surface area contributed by atoms with E-state index in [2.05, 4.69) is 10.0 Å². The van der Waals surface area contributed by atoms with Crippen molar-refractivity contribution in [2.24, 2.45) is 5.92 Å². The molecule has 146 valence electrons. The molecule has 2 aromatic carbocycles. The van der Waals surface area contributed by atoms with E-state index >= 15 is 0 Å². The molecule has 0 atom stereocenters. The van der Waals surface area contributed by atoms with Crippen molar-refractivity contribution in [3.63, 3.8) is 0 Å². The molecule has 0 heterocycles. The fourth-order valence-electron chi connectivity index (χ4n) is 2.11. The van der Waals surface area contributed by atoms with Crippen molar-refractivity contribution in [3.05, 3.63) is 53.1 Å². The van der Waals surface area contributed by atoms with Crippen LogP contribution in [-0.2, 0) is 14.8 Å². The smallest absolute Gasteiger partial charge is 0.261 e. The van der Waals surface area contributed by atoms with Crippen LogP contribution in [0.4, 0.5) is 5.69 Å². The third kappa shape index (κ3) is 6.45. The molecule has 0 fully saturated rings. The summed E-state index contributed by atoms with van der Waals surface area (Å²) in [5.74, 6) is 0.311. The highest BCUT2D eigenvalue weighted by atomic mass is 35.5. The highest BCUT2D eigenvalue weighted by molar-refractivity contribution is 7.92. The van der Waals surface area contributed by atoms with E-state index in [1.54, 1.807) is 12.1 Å². The molecule has 2 N–H and O–H groups in total. The molecule has 1 amide bonds. The van der Waals surface area contributed by atoms with Crippen molar-refractivity contribution in [3.8, 4) is 5.75 Å². The second-order valence-corrected chi connectivity index (χ2v) is 8.64. The van der Waals surface area contributed by atoms with Crippen molar-refractivity contribution in [1.29, 1.82) is 0 Å². The maximum Gasteiger partial charge on any atom is 0.261 e. The molecular weight excluding hydrogens is 388 g/mol. The highest BCUT2D eigenvalue weighted by Crippen LogP contribution is 2.28. The molecule has 27 heavy (non-hydrogen) atoms. The lowest BCUT2D eigenvalue weighted by Crippen LogP contribution is -2.31. The van der Waals surface area contributed by atoms with E-state index in [-0.39, 0.29) is 28.2 Å². The topological polar surface area (TPSA) is 84.5 Å². The summed E-state index contributed by atoms with van der Waals surface area (Å²) in [5, 5.41) is 2.84. The Labute approximate surface area is 164 Å². The van der Waals surface area contributed by atoms with E-state index < -0.39 is 10.0 Å². The third-order valence-electron chi connectivity index (χ3n) is 3.58. The van der Waals surface area contributed by atoms with E-state index in [0.717, 1.165) is 5.56 Å². The zero-order valence-corrected chi connectivity index (χ0v) is 17.0. The number of aryl methyl sites for hydroxylation is 1. The van der Waals surface area contributed by atoms with Gasteiger partial charge < -0.3 is 10.1 Å². The monoisotopic (exact) mass is 410 g/mol. The van der Waals surface area contributed by atoms with Crippen molar-refractivity contribution >= 4 is 33.2 Å². The Morgan fingerprint density at radius 2 is 1.81 bits per heavy atom. The Morgan fingerprint density at radius 3 is 2.41 bits per heavy atom. The summed E-state index contributed by atoms with van der Waals surface area (Å²) < 4.78 is 32.8. The van der Waals surface area contributed by atoms with Crippen LogP contribution in [0.5, 0.6) is 5.75 Å². The number of amides is 1. The maximum atomic E-state index is 12.5. The average molecular weight is 411 g/mol. The molecule has 0 aliphatic carbocycles. The molecule has 0 spiro atoms. The Bertz CT molecular complexity index is 896. The number of ether oxygens (including phenoxy) is 1. The molecule has 0 radical (unpaired) electrons. The summed E-state index contributed by atoms with van der Waals surface area (Å²) in [4.78, 5) is 11.7. The van der Waals surface area contributed by atoms with E-state index in [0.29, 0.717) is 18.2 Å². The van der Waals surface area contributed by atoms with E-state index in [9.17, 15) is 13.2 Å². The van der Waals surface area contributed by atoms with Crippen LogP contribution in [0.1, 0.15) is 19.4 Å². The number of halogens is 1. The van der Waals surface area contributed by atoms with Crippen LogP contribution >= 0.6 is 11.6 Å². The largest absolute Gasteiger partial charge is 0.482 e. The van der Waals surface area contributed by atoms with Gasteiger partial charge in [-0.1, -0.05) is 43.1 Å². The molecule has 8 heteroatoms. The first-order chi connectivity index (χ1) is 12.7. The van der Waals surface area contributed by atoms with Crippen LogP contribution in [0.25, 0.3) is 0 Å². The summed E-state index contributed by atoms with van der Waals surface area (Å²) in [7, 11) is -3.78. The Morgan fingerprint density at radius 1 is 1.15 bits per heavy atom. The first-order valence-corrected chi connectivity index (χ1v) is 10.3. The van der Waals surface area contributed by atoms with Crippen molar-refractivity contribution in [2.75, 3.05) is 17.9 Å². The molecule has 0 aliphatic heterocycles. The molecular formula is C19H23ClN2O4S. The van der Waals surface area contributed by atoms with Crippen LogP contribution in [-0.4, -0.2) is 27.5 Å². The number of hydrogen-bond donors (Lipinski definition) is 2. The quantitative estimate of drug-likeness (QED) is 0.696. The van der Waals surface area contributed by atoms with Crippen molar-refractivity contribution < 1.29 is 17.9 Å². The van der Waals surface area contributed by atoms with Gasteiger partial charge in [-0.2, -0.15) is 0 Å². The van der Waals surface area contributed by atoms with Gasteiger partial charge in [-0.3, -0.25) is 9.52 Å². The number of hydrogen-bond acceptors (Lipinski definition) is 4. The minimum atomic E-state index is -3.78. The maximum absolute atomic E-state index is 12.5. The summed E-state index contributed by atoms with van der Waals surface area (Å²) in [6.45, 7) is 6.25. The second kappa shape index (κ2) is 9.10. The first kappa shape index (κ1) is 21.1. The van der Waals surface area contributed by atoms with Crippen LogP contribution < -0.4 is 14.8 Å². The zero-order valence-electron chi connectivity index (χ0n) is 15.5. The number of rotatable bonds is 8. The van der Waals surface area contributed by atoms with Crippen molar-refractivity contribution in [2.45, 2.75) is 25.7 Å². The normalized spacial score (nSPS) is 11.3. The van der Waals surface area contributed by atoms with Crippen LogP contribution in [0.15, 0.2) is 47.4 Å². The van der Waals surface area contributed by atoms with Crippen LogP contribution in [0.2, 0.25) is 5.02 Å². The third-order valence-corrected chi connectivity index (χ3v) is 5.26. The fourth-order valence-corrected chi connectivity index (χ4v) is 3.50. The standard InChI is InChI=1S/C19H23ClN2O4S/c1-13(2)11-21-19(23)12-26-18-9-8-16(10-17(18)20)27(24,25)22-15-6-4-14(3)5-7-15/h4-10,13,22H,11-12H2,1-3H3,(H,21,23). The Kier molecular flexibility index (Phi) is 7.10. The lowest BCUT2D eigenvalue weighted by Gasteiger charge is -2.12. The Balaban J connectivity index is 2.04. The number of sulfonamides is 1. The van der Waals surface area contributed by atoms with Crippen LogP contribution in [0.3, 0.4) is 0 Å². The summed E-state index contributed by atoms with van der Waals surface area (Å²) in [6, 6.07) is 11.1. The number of anilines is 1. The molecule has 2 rings (SSSR count). The predicted octanol–water partition coefficient (Wildman–Crippen LogP) is 3.60. The predicted molar refractivity (Wildman–Crippen MR) is 107 cm³/mol. The van der Waals surface area contributed by atoms with Gasteiger partial charge in [0.15, 0.2) is 6.61 Å². The van der Waals surface area contributed by atoms with Gasteiger partial charge in [0.05, 0.1) is 9.92 Å². The van der Waals surface area contributed by atoms with Gasteiger partial charge in [0, 0.05) is 12.2 Å². The van der Waals surface area contributed by atoms with Gasteiger partial charge in [0.25, 0.3) is 15.9 Å². The zero-order chi connectivity index (χ0) is 20.0. The SMILES string of the molecule is Cc1ccc(NS(=O)(=O)c2ccc(OCC(=O)NCC(C)C)c(Cl)c2)cc1.